The highest BCUT2D eigenvalue weighted by Gasteiger charge is 2.45. The summed E-state index contributed by atoms with van der Waals surface area (Å²) < 4.78 is 2.38. The molecule has 1 saturated carbocycles. The second kappa shape index (κ2) is 16.0. The maximum Gasteiger partial charge on any atom is 0.0541 e. The van der Waals surface area contributed by atoms with Crippen LogP contribution < -0.4 is 4.90 Å². The van der Waals surface area contributed by atoms with E-state index < -0.39 is 0 Å². The van der Waals surface area contributed by atoms with Gasteiger partial charge in [-0.15, -0.1) is 0 Å². The van der Waals surface area contributed by atoms with E-state index in [4.69, 9.17) is 0 Å². The summed E-state index contributed by atoms with van der Waals surface area (Å²) in [5, 5.41) is 2.51. The van der Waals surface area contributed by atoms with Crippen LogP contribution in [0.4, 0.5) is 17.1 Å². The zero-order valence-electron chi connectivity index (χ0n) is 37.3. The van der Waals surface area contributed by atoms with Crippen LogP contribution in [0.3, 0.4) is 0 Å². The van der Waals surface area contributed by atoms with Crippen LogP contribution in [-0.2, 0) is 5.41 Å². The number of aromatic nitrogens is 1. The molecule has 0 saturated heterocycles. The SMILES string of the molecule is c1ccc(-c2ccccc2-c2ccccc2-c2ccccc2N(c2ccc(-c3ccc4c(c3)c3ccccc3n4-c3ccccc3)cc2)c2ccc3c(c2)-c2ccccc2C32CCCC2)cc1. The molecule has 13 rings (SSSR count). The fourth-order valence-corrected chi connectivity index (χ4v) is 11.8. The van der Waals surface area contributed by atoms with Crippen molar-refractivity contribution in [3.63, 3.8) is 0 Å². The number of benzene rings is 10. The Morgan fingerprint density at radius 3 is 1.63 bits per heavy atom. The lowest BCUT2D eigenvalue weighted by molar-refractivity contribution is 0.550. The molecule has 2 aliphatic rings. The normalized spacial score (nSPS) is 13.6. The maximum atomic E-state index is 2.50. The highest BCUT2D eigenvalue weighted by molar-refractivity contribution is 6.10. The van der Waals surface area contributed by atoms with Gasteiger partial charge in [0.05, 0.1) is 16.7 Å². The second-order valence-electron chi connectivity index (χ2n) is 18.3. The van der Waals surface area contributed by atoms with Gasteiger partial charge >= 0.3 is 0 Å². The van der Waals surface area contributed by atoms with E-state index in [1.54, 1.807) is 0 Å². The van der Waals surface area contributed by atoms with Gasteiger partial charge in [0.25, 0.3) is 0 Å². The molecule has 2 heteroatoms. The van der Waals surface area contributed by atoms with Gasteiger partial charge in [-0.2, -0.15) is 0 Å². The molecule has 1 heterocycles. The average molecular weight is 857 g/mol. The van der Waals surface area contributed by atoms with E-state index in [0.29, 0.717) is 0 Å². The van der Waals surface area contributed by atoms with Crippen molar-refractivity contribution in [2.45, 2.75) is 31.1 Å². The minimum atomic E-state index is 0.106. The predicted octanol–water partition coefficient (Wildman–Crippen LogP) is 17.8. The molecule has 10 aromatic carbocycles. The van der Waals surface area contributed by atoms with Crippen LogP contribution >= 0.6 is 0 Å². The molecular weight excluding hydrogens is 809 g/mol. The Bertz CT molecular complexity index is 3630. The molecule has 11 aromatic rings. The number of para-hydroxylation sites is 3. The Morgan fingerprint density at radius 2 is 0.866 bits per heavy atom. The third-order valence-corrected chi connectivity index (χ3v) is 14.8. The third-order valence-electron chi connectivity index (χ3n) is 14.8. The van der Waals surface area contributed by atoms with Gasteiger partial charge in [-0.3, -0.25) is 0 Å². The Labute approximate surface area is 392 Å². The molecule has 2 nitrogen and oxygen atoms in total. The smallest absolute Gasteiger partial charge is 0.0541 e. The van der Waals surface area contributed by atoms with E-state index in [0.717, 1.165) is 17.1 Å². The number of hydrogen-bond donors (Lipinski definition) is 0. The summed E-state index contributed by atoms with van der Waals surface area (Å²) in [6.07, 6.45) is 4.97. The molecule has 0 atom stereocenters. The van der Waals surface area contributed by atoms with Gasteiger partial charge in [0.2, 0.25) is 0 Å². The van der Waals surface area contributed by atoms with Gasteiger partial charge in [-0.25, -0.2) is 0 Å². The number of anilines is 3. The predicted molar refractivity (Wildman–Crippen MR) is 282 cm³/mol. The summed E-state index contributed by atoms with van der Waals surface area (Å²) >= 11 is 0. The number of hydrogen-bond acceptors (Lipinski definition) is 1. The minimum absolute atomic E-state index is 0.106. The quantitative estimate of drug-likeness (QED) is 0.148. The first kappa shape index (κ1) is 39.2. The summed E-state index contributed by atoms with van der Waals surface area (Å²) in [7, 11) is 0. The number of fused-ring (bicyclic) bond motifs is 8. The molecule has 0 unspecified atom stereocenters. The van der Waals surface area contributed by atoms with E-state index in [1.165, 1.54) is 120 Å². The van der Waals surface area contributed by atoms with Crippen LogP contribution in [-0.4, -0.2) is 4.57 Å². The molecular formula is C65H48N2. The standard InChI is InChI=1S/C65H48N2/c1-3-19-46(20-4-1)51-23-7-8-24-52(51)53-25-9-10-26-54(53)56-28-12-15-31-62(56)66(50-38-39-61-58(44-50)55-27-11-14-30-60(55)65(61)41-17-18-42-65)49-36-33-45(34-37-49)47-35-40-64-59(43-47)57-29-13-16-32-63(57)67(64)48-21-5-2-6-22-48/h1-16,19-40,43-44H,17-18,41-42H2. The second-order valence-corrected chi connectivity index (χ2v) is 18.3. The molecule has 0 amide bonds. The van der Waals surface area contributed by atoms with Gasteiger partial charge in [0, 0.05) is 38.8 Å². The van der Waals surface area contributed by atoms with Crippen LogP contribution in [0.1, 0.15) is 36.8 Å². The lowest BCUT2D eigenvalue weighted by Gasteiger charge is -2.30. The first-order valence-corrected chi connectivity index (χ1v) is 23.8. The Balaban J connectivity index is 0.974. The lowest BCUT2D eigenvalue weighted by atomic mass is 9.77. The van der Waals surface area contributed by atoms with Crippen LogP contribution in [0.2, 0.25) is 0 Å². The molecule has 0 aliphatic heterocycles. The summed E-state index contributed by atoms with van der Waals surface area (Å²) in [6, 6.07) is 89.7. The first-order valence-electron chi connectivity index (χ1n) is 23.8. The van der Waals surface area contributed by atoms with Crippen molar-refractivity contribution in [1.29, 1.82) is 0 Å². The van der Waals surface area contributed by atoms with E-state index in [2.05, 4.69) is 252 Å². The van der Waals surface area contributed by atoms with Gasteiger partial charge < -0.3 is 9.47 Å². The van der Waals surface area contributed by atoms with Gasteiger partial charge in [-0.1, -0.05) is 195 Å². The first-order chi connectivity index (χ1) is 33.2. The molecule has 0 N–H and O–H groups in total. The maximum absolute atomic E-state index is 2.50. The van der Waals surface area contributed by atoms with Crippen molar-refractivity contribution < 1.29 is 0 Å². The average Bonchev–Trinajstić information content (AvgIpc) is 4.11. The molecule has 2 aliphatic carbocycles. The largest absolute Gasteiger partial charge is 0.310 e. The summed E-state index contributed by atoms with van der Waals surface area (Å²) in [5.41, 5.74) is 22.5. The lowest BCUT2D eigenvalue weighted by Crippen LogP contribution is -2.20. The number of rotatable bonds is 8. The minimum Gasteiger partial charge on any atom is -0.310 e. The molecule has 67 heavy (non-hydrogen) atoms. The van der Waals surface area contributed by atoms with Gasteiger partial charge in [0.1, 0.15) is 0 Å². The van der Waals surface area contributed by atoms with Crippen LogP contribution in [0, 0.1) is 0 Å². The molecule has 1 aromatic heterocycles. The summed E-state index contributed by atoms with van der Waals surface area (Å²) in [6.45, 7) is 0. The molecule has 1 fully saturated rings. The zero-order chi connectivity index (χ0) is 44.3. The van der Waals surface area contributed by atoms with Gasteiger partial charge in [0.15, 0.2) is 0 Å². The molecule has 318 valence electrons. The van der Waals surface area contributed by atoms with Crippen LogP contribution in [0.5, 0.6) is 0 Å². The fourth-order valence-electron chi connectivity index (χ4n) is 11.8. The van der Waals surface area contributed by atoms with Crippen molar-refractivity contribution in [3.8, 4) is 61.3 Å². The monoisotopic (exact) mass is 856 g/mol. The highest BCUT2D eigenvalue weighted by Crippen LogP contribution is 2.58. The van der Waals surface area contributed by atoms with Crippen molar-refractivity contribution in [2.24, 2.45) is 0 Å². The Kier molecular flexibility index (Phi) is 9.39. The van der Waals surface area contributed by atoms with Crippen molar-refractivity contribution in [3.05, 3.63) is 254 Å². The van der Waals surface area contributed by atoms with E-state index in [-0.39, 0.29) is 5.41 Å². The Hall–Kier alpha value is -8.20. The van der Waals surface area contributed by atoms with Crippen molar-refractivity contribution >= 4 is 38.9 Å². The Morgan fingerprint density at radius 1 is 0.328 bits per heavy atom. The summed E-state index contributed by atoms with van der Waals surface area (Å²) in [4.78, 5) is 2.50. The van der Waals surface area contributed by atoms with Gasteiger partial charge in [-0.05, 0) is 135 Å². The topological polar surface area (TPSA) is 8.17 Å². The van der Waals surface area contributed by atoms with E-state index in [1.807, 2.05) is 0 Å². The highest BCUT2D eigenvalue weighted by atomic mass is 15.1. The van der Waals surface area contributed by atoms with Crippen molar-refractivity contribution in [2.75, 3.05) is 4.90 Å². The van der Waals surface area contributed by atoms with E-state index in [9.17, 15) is 0 Å². The van der Waals surface area contributed by atoms with Crippen molar-refractivity contribution in [1.82, 2.24) is 4.57 Å². The molecule has 1 spiro atoms. The van der Waals surface area contributed by atoms with E-state index >= 15 is 0 Å². The van der Waals surface area contributed by atoms with Crippen LogP contribution in [0.25, 0.3) is 83.1 Å². The zero-order valence-corrected chi connectivity index (χ0v) is 37.3. The fraction of sp³-hybridized carbons (Fsp3) is 0.0769. The number of nitrogens with zero attached hydrogens (tertiary/aromatic N) is 2. The third kappa shape index (κ3) is 6.39. The summed E-state index contributed by atoms with van der Waals surface area (Å²) in [5.74, 6) is 0. The van der Waals surface area contributed by atoms with Crippen LogP contribution in [0.15, 0.2) is 243 Å². The molecule has 0 bridgehead atoms. The molecule has 0 radical (unpaired) electrons.